The van der Waals surface area contributed by atoms with E-state index in [4.69, 9.17) is 19.4 Å². The molecule has 0 radical (unpaired) electrons. The molecule has 0 bridgehead atoms. The van der Waals surface area contributed by atoms with Crippen LogP contribution in [-0.2, 0) is 16.2 Å². The number of thiazole rings is 1. The van der Waals surface area contributed by atoms with Crippen LogP contribution in [-0.4, -0.2) is 37.8 Å². The number of amides is 1. The minimum atomic E-state index is -0.958. The van der Waals surface area contributed by atoms with Crippen LogP contribution in [0.1, 0.15) is 41.0 Å². The average molecular weight is 631 g/mol. The molecule has 9 nitrogen and oxygen atoms in total. The lowest BCUT2D eigenvalue weighted by atomic mass is 9.96. The molecule has 0 saturated carbocycles. The minimum absolute atomic E-state index is 0.0543. The first-order valence-electron chi connectivity index (χ1n) is 14.9. The molecule has 1 N–H and O–H groups in total. The molecule has 1 unspecified atom stereocenters. The molecular formula is C36H30N4O5S. The van der Waals surface area contributed by atoms with Crippen LogP contribution in [0.25, 0.3) is 21.6 Å². The molecule has 1 atom stereocenters. The SMILES string of the molecule is CCOc1ccc2nc(N3C(=O)C(=O)C(=C(O)c4nc5c(C)cccn5c4C)C3c3ccc(OCc4ccccc4)cc3)sc2c1. The highest BCUT2D eigenvalue weighted by Gasteiger charge is 2.48. The first-order valence-corrected chi connectivity index (χ1v) is 15.7. The molecule has 7 rings (SSSR count). The lowest BCUT2D eigenvalue weighted by molar-refractivity contribution is -0.132. The summed E-state index contributed by atoms with van der Waals surface area (Å²) in [4.78, 5) is 38.5. The second kappa shape index (κ2) is 11.8. The summed E-state index contributed by atoms with van der Waals surface area (Å²) in [7, 11) is 0. The Labute approximate surface area is 269 Å². The van der Waals surface area contributed by atoms with E-state index in [1.165, 1.54) is 16.2 Å². The molecule has 230 valence electrons. The zero-order valence-corrected chi connectivity index (χ0v) is 26.2. The van der Waals surface area contributed by atoms with Gasteiger partial charge in [0.15, 0.2) is 10.9 Å². The van der Waals surface area contributed by atoms with Crippen LogP contribution >= 0.6 is 11.3 Å². The lowest BCUT2D eigenvalue weighted by Gasteiger charge is -2.23. The fourth-order valence-electron chi connectivity index (χ4n) is 5.76. The van der Waals surface area contributed by atoms with E-state index in [2.05, 4.69) is 0 Å². The van der Waals surface area contributed by atoms with Gasteiger partial charge in [0.05, 0.1) is 34.1 Å². The lowest BCUT2D eigenvalue weighted by Crippen LogP contribution is -2.29. The number of carbonyl (C=O) groups is 2. The van der Waals surface area contributed by atoms with E-state index in [1.54, 1.807) is 24.3 Å². The summed E-state index contributed by atoms with van der Waals surface area (Å²) in [5, 5.41) is 12.2. The van der Waals surface area contributed by atoms with Gasteiger partial charge in [-0.15, -0.1) is 0 Å². The molecule has 6 aromatic rings. The van der Waals surface area contributed by atoms with Crippen molar-refractivity contribution in [2.24, 2.45) is 0 Å². The second-order valence-corrected chi connectivity index (χ2v) is 12.0. The van der Waals surface area contributed by atoms with Gasteiger partial charge in [-0.05, 0) is 73.9 Å². The monoisotopic (exact) mass is 630 g/mol. The van der Waals surface area contributed by atoms with Crippen molar-refractivity contribution in [3.8, 4) is 11.5 Å². The molecule has 4 heterocycles. The number of rotatable bonds is 8. The number of carbonyl (C=O) groups excluding carboxylic acids is 2. The van der Waals surface area contributed by atoms with Crippen LogP contribution in [0.2, 0.25) is 0 Å². The van der Waals surface area contributed by atoms with Crippen molar-refractivity contribution in [2.45, 2.75) is 33.4 Å². The maximum Gasteiger partial charge on any atom is 0.301 e. The molecule has 1 saturated heterocycles. The largest absolute Gasteiger partial charge is 0.505 e. The van der Waals surface area contributed by atoms with Gasteiger partial charge in [0.25, 0.3) is 5.78 Å². The average Bonchev–Trinajstić information content (AvgIpc) is 3.72. The molecule has 0 aliphatic carbocycles. The van der Waals surface area contributed by atoms with Gasteiger partial charge in [0.1, 0.15) is 29.4 Å². The predicted molar refractivity (Wildman–Crippen MR) is 177 cm³/mol. The third kappa shape index (κ3) is 5.06. The number of hydrogen-bond acceptors (Lipinski definition) is 8. The van der Waals surface area contributed by atoms with Gasteiger partial charge in [-0.1, -0.05) is 59.9 Å². The van der Waals surface area contributed by atoms with Crippen molar-refractivity contribution in [3.05, 3.63) is 125 Å². The highest BCUT2D eigenvalue weighted by Crippen LogP contribution is 2.45. The number of aromatic nitrogens is 3. The molecule has 1 aliphatic heterocycles. The normalized spacial score (nSPS) is 16.1. The number of aliphatic hydroxyl groups is 1. The Morgan fingerprint density at radius 3 is 2.41 bits per heavy atom. The van der Waals surface area contributed by atoms with Crippen LogP contribution in [0.4, 0.5) is 5.13 Å². The van der Waals surface area contributed by atoms with Crippen molar-refractivity contribution < 1.29 is 24.2 Å². The maximum atomic E-state index is 13.9. The Morgan fingerprint density at radius 2 is 1.67 bits per heavy atom. The van der Waals surface area contributed by atoms with Gasteiger partial charge in [0, 0.05) is 6.20 Å². The van der Waals surface area contributed by atoms with Crippen LogP contribution in [0.15, 0.2) is 96.7 Å². The molecule has 0 spiro atoms. The van der Waals surface area contributed by atoms with Crippen molar-refractivity contribution in [2.75, 3.05) is 11.5 Å². The number of nitrogens with zero attached hydrogens (tertiary/aromatic N) is 4. The Bertz CT molecular complexity index is 2150. The van der Waals surface area contributed by atoms with Crippen LogP contribution in [0, 0.1) is 13.8 Å². The molecule has 3 aromatic carbocycles. The summed E-state index contributed by atoms with van der Waals surface area (Å²) in [6.07, 6.45) is 1.85. The first-order chi connectivity index (χ1) is 22.3. The number of hydrogen-bond donors (Lipinski definition) is 1. The van der Waals surface area contributed by atoms with Crippen LogP contribution in [0.5, 0.6) is 11.5 Å². The van der Waals surface area contributed by atoms with E-state index in [1.807, 2.05) is 92.0 Å². The van der Waals surface area contributed by atoms with Crippen molar-refractivity contribution in [3.63, 3.8) is 0 Å². The highest BCUT2D eigenvalue weighted by molar-refractivity contribution is 7.22. The Hall–Kier alpha value is -5.48. The molecule has 1 fully saturated rings. The molecular weight excluding hydrogens is 600 g/mol. The van der Waals surface area contributed by atoms with Gasteiger partial charge in [-0.25, -0.2) is 9.97 Å². The number of ketones is 1. The Morgan fingerprint density at radius 1 is 0.913 bits per heavy atom. The first kappa shape index (κ1) is 29.2. The van der Waals surface area contributed by atoms with Crippen molar-refractivity contribution >= 4 is 49.8 Å². The van der Waals surface area contributed by atoms with Gasteiger partial charge >= 0.3 is 5.91 Å². The second-order valence-electron chi connectivity index (χ2n) is 11.0. The summed E-state index contributed by atoms with van der Waals surface area (Å²) < 4.78 is 14.3. The molecule has 3 aromatic heterocycles. The standard InChI is InChI=1S/C36H30N4O5S/c1-4-44-26-16-17-27-28(19-26)46-36(37-27)40-31(24-12-14-25(15-13-24)45-20-23-10-6-5-7-11-23)29(33(42)35(40)43)32(41)30-22(3)39-18-8-9-21(2)34(39)38-30/h5-19,31,41H,4,20H2,1-3H3. The summed E-state index contributed by atoms with van der Waals surface area (Å²) in [6, 6.07) is 25.4. The zero-order valence-electron chi connectivity index (χ0n) is 25.4. The smallest absolute Gasteiger partial charge is 0.301 e. The fraction of sp³-hybridized carbons (Fsp3) is 0.167. The molecule has 10 heteroatoms. The summed E-state index contributed by atoms with van der Waals surface area (Å²) >= 11 is 1.28. The van der Waals surface area contributed by atoms with Crippen molar-refractivity contribution in [1.29, 1.82) is 0 Å². The fourth-order valence-corrected chi connectivity index (χ4v) is 6.78. The highest BCUT2D eigenvalue weighted by atomic mass is 32.1. The van der Waals surface area contributed by atoms with Gasteiger partial charge in [-0.3, -0.25) is 14.5 Å². The summed E-state index contributed by atoms with van der Waals surface area (Å²) in [5.74, 6) is -0.616. The number of ether oxygens (including phenoxy) is 2. The third-order valence-corrected chi connectivity index (χ3v) is 9.08. The summed E-state index contributed by atoms with van der Waals surface area (Å²) in [6.45, 7) is 6.56. The quantitative estimate of drug-likeness (QED) is 0.108. The Balaban J connectivity index is 1.34. The van der Waals surface area contributed by atoms with Crippen molar-refractivity contribution in [1.82, 2.24) is 14.4 Å². The third-order valence-electron chi connectivity index (χ3n) is 8.06. The maximum absolute atomic E-state index is 13.9. The van der Waals surface area contributed by atoms with Crippen LogP contribution < -0.4 is 14.4 Å². The number of aryl methyl sites for hydroxylation is 2. The number of benzene rings is 3. The predicted octanol–water partition coefficient (Wildman–Crippen LogP) is 7.16. The number of Topliss-reactive ketones (excluding diaryl/α,β-unsaturated/α-hetero) is 1. The number of pyridine rings is 1. The van der Waals surface area contributed by atoms with E-state index in [9.17, 15) is 14.7 Å². The van der Waals surface area contributed by atoms with E-state index in [0.717, 1.165) is 15.8 Å². The van der Waals surface area contributed by atoms with E-state index < -0.39 is 17.7 Å². The van der Waals surface area contributed by atoms with E-state index in [0.29, 0.717) is 52.3 Å². The van der Waals surface area contributed by atoms with E-state index in [-0.39, 0.29) is 17.0 Å². The van der Waals surface area contributed by atoms with Crippen LogP contribution in [0.3, 0.4) is 0 Å². The molecule has 1 aliphatic rings. The minimum Gasteiger partial charge on any atom is -0.505 e. The zero-order chi connectivity index (χ0) is 31.9. The molecule has 46 heavy (non-hydrogen) atoms. The summed E-state index contributed by atoms with van der Waals surface area (Å²) in [5.41, 5.74) is 4.71. The number of fused-ring (bicyclic) bond motifs is 2. The van der Waals surface area contributed by atoms with Gasteiger partial charge in [0.2, 0.25) is 0 Å². The number of imidazole rings is 1. The number of anilines is 1. The van der Waals surface area contributed by atoms with Gasteiger partial charge in [-0.2, -0.15) is 0 Å². The number of aliphatic hydroxyl groups excluding tert-OH is 1. The van der Waals surface area contributed by atoms with E-state index >= 15 is 0 Å². The van der Waals surface area contributed by atoms with Gasteiger partial charge < -0.3 is 19.0 Å². The topological polar surface area (TPSA) is 106 Å². The Kier molecular flexibility index (Phi) is 7.50. The molecule has 1 amide bonds.